The van der Waals surface area contributed by atoms with E-state index in [-0.39, 0.29) is 29.6 Å². The molecule has 1 unspecified atom stereocenters. The highest BCUT2D eigenvalue weighted by Gasteiger charge is 2.16. The molecule has 1 amide bonds. The van der Waals surface area contributed by atoms with Crippen molar-refractivity contribution in [3.05, 3.63) is 56.1 Å². The fraction of sp³-hybridized carbons (Fsp3) is 0.444. The number of nitrogens with zero attached hydrogens (tertiary/aromatic N) is 1. The van der Waals surface area contributed by atoms with E-state index in [9.17, 15) is 14.7 Å². The number of pyridine rings is 1. The van der Waals surface area contributed by atoms with Gasteiger partial charge in [0.2, 0.25) is 0 Å². The summed E-state index contributed by atoms with van der Waals surface area (Å²) in [5, 5.41) is 14.3. The summed E-state index contributed by atoms with van der Waals surface area (Å²) in [6, 6.07) is 7.37. The van der Waals surface area contributed by atoms with E-state index in [0.717, 1.165) is 5.69 Å². The van der Waals surface area contributed by atoms with Crippen molar-refractivity contribution in [3.8, 4) is 0 Å². The van der Waals surface area contributed by atoms with Gasteiger partial charge in [0.1, 0.15) is 5.56 Å². The molecule has 2 aromatic heterocycles. The number of nitrogens with one attached hydrogen (secondary N) is 1. The second-order valence-corrected chi connectivity index (χ2v) is 7.27. The number of aliphatic hydroxyl groups is 1. The van der Waals surface area contributed by atoms with Crippen LogP contribution in [0.25, 0.3) is 0 Å². The second kappa shape index (κ2) is 8.26. The summed E-state index contributed by atoms with van der Waals surface area (Å²) in [6.45, 7) is 4.33. The average molecular weight is 348 g/mol. The topological polar surface area (TPSA) is 71.3 Å². The molecule has 5 nitrogen and oxygen atoms in total. The first-order valence-electron chi connectivity index (χ1n) is 8.05. The first-order valence-corrected chi connectivity index (χ1v) is 8.93. The maximum Gasteiger partial charge on any atom is 0.263 e. The van der Waals surface area contributed by atoms with Crippen LogP contribution in [0.5, 0.6) is 0 Å². The lowest BCUT2D eigenvalue weighted by Gasteiger charge is -2.15. The zero-order chi connectivity index (χ0) is 17.7. The van der Waals surface area contributed by atoms with E-state index in [1.54, 1.807) is 24.5 Å². The molecule has 130 valence electrons. The van der Waals surface area contributed by atoms with Gasteiger partial charge in [-0.3, -0.25) is 9.59 Å². The molecule has 0 bridgehead atoms. The van der Waals surface area contributed by atoms with Crippen molar-refractivity contribution in [3.63, 3.8) is 0 Å². The smallest absolute Gasteiger partial charge is 0.263 e. The van der Waals surface area contributed by atoms with Crippen LogP contribution in [-0.4, -0.2) is 28.7 Å². The van der Waals surface area contributed by atoms with E-state index in [0.29, 0.717) is 13.0 Å². The molecule has 0 saturated carbocycles. The normalized spacial score (nSPS) is 12.4. The number of aliphatic hydroxyl groups excluding tert-OH is 1. The van der Waals surface area contributed by atoms with Crippen molar-refractivity contribution in [1.29, 1.82) is 0 Å². The molecular formula is C18H24N2O3S. The lowest BCUT2D eigenvalue weighted by Crippen LogP contribution is -2.36. The van der Waals surface area contributed by atoms with Gasteiger partial charge < -0.3 is 15.0 Å². The molecule has 24 heavy (non-hydrogen) atoms. The van der Waals surface area contributed by atoms with Crippen molar-refractivity contribution in [2.24, 2.45) is 13.0 Å². The first-order chi connectivity index (χ1) is 11.4. The van der Waals surface area contributed by atoms with Crippen molar-refractivity contribution in [2.45, 2.75) is 26.2 Å². The van der Waals surface area contributed by atoms with E-state index in [1.807, 2.05) is 37.4 Å². The predicted molar refractivity (Wildman–Crippen MR) is 96.7 cm³/mol. The maximum absolute atomic E-state index is 12.4. The van der Waals surface area contributed by atoms with E-state index in [2.05, 4.69) is 5.32 Å². The van der Waals surface area contributed by atoms with E-state index in [4.69, 9.17) is 0 Å². The number of rotatable bonds is 7. The zero-order valence-electron chi connectivity index (χ0n) is 14.3. The Kier molecular flexibility index (Phi) is 6.34. The highest BCUT2D eigenvalue weighted by Crippen LogP contribution is 2.14. The van der Waals surface area contributed by atoms with Crippen LogP contribution in [-0.2, 0) is 13.5 Å². The number of hydrogen-bond donors (Lipinski definition) is 2. The minimum Gasteiger partial charge on any atom is -0.396 e. The molecule has 0 aromatic carbocycles. The molecule has 1 atom stereocenters. The van der Waals surface area contributed by atoms with Crippen LogP contribution in [0.3, 0.4) is 0 Å². The number of carbonyl (C=O) groups is 1. The Hall–Kier alpha value is -1.92. The van der Waals surface area contributed by atoms with Gasteiger partial charge >= 0.3 is 0 Å². The summed E-state index contributed by atoms with van der Waals surface area (Å²) < 4.78 is 1.52. The van der Waals surface area contributed by atoms with E-state index < -0.39 is 5.91 Å². The fourth-order valence-corrected chi connectivity index (χ4v) is 3.47. The summed E-state index contributed by atoms with van der Waals surface area (Å²) in [6.07, 6.45) is 0.707. The molecule has 0 aliphatic carbocycles. The molecule has 0 spiro atoms. The number of thiophene rings is 1. The minimum atomic E-state index is -0.393. The Morgan fingerprint density at radius 1 is 1.33 bits per heavy atom. The molecular weight excluding hydrogens is 324 g/mol. The third-order valence-corrected chi connectivity index (χ3v) is 4.96. The number of hydrogen-bond acceptors (Lipinski definition) is 4. The standard InChI is InChI=1S/C18H24N2O3S/c1-12(2)16-7-6-15(18(23)20(16)3)17(22)19-10-13(11-21)9-14-5-4-8-24-14/h4-8,12-13,21H,9-11H2,1-3H3,(H,19,22). The fourth-order valence-electron chi connectivity index (χ4n) is 2.65. The van der Waals surface area contributed by atoms with Crippen molar-refractivity contribution < 1.29 is 9.90 Å². The Labute approximate surface area is 146 Å². The van der Waals surface area contributed by atoms with Gasteiger partial charge in [0.25, 0.3) is 11.5 Å². The van der Waals surface area contributed by atoms with Crippen molar-refractivity contribution >= 4 is 17.2 Å². The molecule has 2 N–H and O–H groups in total. The lowest BCUT2D eigenvalue weighted by atomic mass is 10.1. The van der Waals surface area contributed by atoms with E-state index in [1.165, 1.54) is 9.44 Å². The largest absolute Gasteiger partial charge is 0.396 e. The summed E-state index contributed by atoms with van der Waals surface area (Å²) in [5.41, 5.74) is 0.731. The highest BCUT2D eigenvalue weighted by atomic mass is 32.1. The van der Waals surface area contributed by atoms with Crippen LogP contribution >= 0.6 is 11.3 Å². The van der Waals surface area contributed by atoms with Gasteiger partial charge in [-0.25, -0.2) is 0 Å². The molecule has 2 aromatic rings. The summed E-state index contributed by atoms with van der Waals surface area (Å²) in [4.78, 5) is 25.8. The predicted octanol–water partition coefficient (Wildman–Crippen LogP) is 2.15. The monoisotopic (exact) mass is 348 g/mol. The van der Waals surface area contributed by atoms with Crippen molar-refractivity contribution in [2.75, 3.05) is 13.2 Å². The summed E-state index contributed by atoms with van der Waals surface area (Å²) in [5.74, 6) is -0.244. The Morgan fingerprint density at radius 3 is 2.67 bits per heavy atom. The molecule has 0 saturated heterocycles. The summed E-state index contributed by atoms with van der Waals surface area (Å²) in [7, 11) is 1.68. The molecule has 6 heteroatoms. The third kappa shape index (κ3) is 4.33. The maximum atomic E-state index is 12.4. The highest BCUT2D eigenvalue weighted by molar-refractivity contribution is 7.09. The van der Waals surface area contributed by atoms with Gasteiger partial charge in [-0.15, -0.1) is 11.3 Å². The first kappa shape index (κ1) is 18.4. The number of carbonyl (C=O) groups excluding carboxylic acids is 1. The molecule has 0 aliphatic rings. The van der Waals surface area contributed by atoms with Gasteiger partial charge in [0.15, 0.2) is 0 Å². The molecule has 0 aliphatic heterocycles. The van der Waals surface area contributed by atoms with E-state index >= 15 is 0 Å². The lowest BCUT2D eigenvalue weighted by molar-refractivity contribution is 0.0938. The van der Waals surface area contributed by atoms with Crippen LogP contribution in [0, 0.1) is 5.92 Å². The Balaban J connectivity index is 2.04. The van der Waals surface area contributed by atoms with Gasteiger partial charge in [-0.2, -0.15) is 0 Å². The van der Waals surface area contributed by atoms with Gasteiger partial charge in [0.05, 0.1) is 0 Å². The minimum absolute atomic E-state index is 0.0114. The van der Waals surface area contributed by atoms with Gasteiger partial charge in [-0.1, -0.05) is 19.9 Å². The average Bonchev–Trinajstić information content (AvgIpc) is 3.06. The number of amides is 1. The van der Waals surface area contributed by atoms with Gasteiger partial charge in [-0.05, 0) is 35.9 Å². The Bertz CT molecular complexity index is 735. The van der Waals surface area contributed by atoms with Crippen LogP contribution in [0.4, 0.5) is 0 Å². The number of aromatic nitrogens is 1. The zero-order valence-corrected chi connectivity index (χ0v) is 15.1. The summed E-state index contributed by atoms with van der Waals surface area (Å²) >= 11 is 1.63. The second-order valence-electron chi connectivity index (χ2n) is 6.23. The van der Waals surface area contributed by atoms with Crippen LogP contribution in [0.15, 0.2) is 34.4 Å². The molecule has 2 rings (SSSR count). The van der Waals surface area contributed by atoms with Gasteiger partial charge in [0, 0.05) is 36.7 Å². The molecule has 2 heterocycles. The Morgan fingerprint density at radius 2 is 2.08 bits per heavy atom. The third-order valence-electron chi connectivity index (χ3n) is 4.06. The van der Waals surface area contributed by atoms with Crippen LogP contribution < -0.4 is 10.9 Å². The SMILES string of the molecule is CC(C)c1ccc(C(=O)NCC(CO)Cc2cccs2)c(=O)n1C. The molecule has 0 fully saturated rings. The van der Waals surface area contributed by atoms with Crippen LogP contribution in [0.1, 0.15) is 40.7 Å². The van der Waals surface area contributed by atoms with Crippen molar-refractivity contribution in [1.82, 2.24) is 9.88 Å². The quantitative estimate of drug-likeness (QED) is 0.805. The van der Waals surface area contributed by atoms with Crippen LogP contribution in [0.2, 0.25) is 0 Å². The molecule has 0 radical (unpaired) electrons.